The van der Waals surface area contributed by atoms with Gasteiger partial charge in [-0.05, 0) is 44.7 Å². The molecule has 3 heterocycles. The van der Waals surface area contributed by atoms with E-state index in [1.54, 1.807) is 17.1 Å². The van der Waals surface area contributed by atoms with Gasteiger partial charge >= 0.3 is 5.97 Å². The number of allylic oxidation sites excluding steroid dienone is 1. The molecule has 2 N–H and O–H groups in total. The van der Waals surface area contributed by atoms with Crippen LogP contribution in [-0.4, -0.2) is 86.5 Å². The summed E-state index contributed by atoms with van der Waals surface area (Å²) in [5.74, 6) is -3.60. The number of carbonyl (C=O) groups is 4. The van der Waals surface area contributed by atoms with E-state index < -0.39 is 71.6 Å². The van der Waals surface area contributed by atoms with Gasteiger partial charge in [-0.2, -0.15) is 0 Å². The molecule has 8 atom stereocenters. The average molecular weight is 737 g/mol. The number of amides is 3. The van der Waals surface area contributed by atoms with Crippen LogP contribution in [0.4, 0.5) is 0 Å². The summed E-state index contributed by atoms with van der Waals surface area (Å²) in [7, 11) is 0. The minimum absolute atomic E-state index is 0.110. The summed E-state index contributed by atoms with van der Waals surface area (Å²) in [5, 5.41) is 13.9. The topological polar surface area (TPSA) is 125 Å². The molecule has 0 saturated carbocycles. The van der Waals surface area contributed by atoms with Gasteiger partial charge in [-0.3, -0.25) is 19.2 Å². The summed E-state index contributed by atoms with van der Waals surface area (Å²) in [5.41, 5.74) is -0.597. The summed E-state index contributed by atoms with van der Waals surface area (Å²) >= 11 is 3.74. The Hall–Kier alpha value is -3.80. The number of hydrogen-bond donors (Lipinski definition) is 2. The van der Waals surface area contributed by atoms with Crippen LogP contribution in [0.1, 0.15) is 63.2 Å². The highest BCUT2D eigenvalue weighted by atomic mass is 79.9. The van der Waals surface area contributed by atoms with E-state index in [4.69, 9.17) is 9.47 Å². The van der Waals surface area contributed by atoms with Gasteiger partial charge < -0.3 is 29.7 Å². The number of aliphatic hydroxyl groups is 1. The van der Waals surface area contributed by atoms with E-state index in [2.05, 4.69) is 34.4 Å². The van der Waals surface area contributed by atoms with Crippen molar-refractivity contribution >= 4 is 39.6 Å². The Kier molecular flexibility index (Phi) is 11.2. The Labute approximate surface area is 296 Å². The van der Waals surface area contributed by atoms with E-state index in [-0.39, 0.29) is 30.3 Å². The number of alkyl halides is 1. The molecule has 10 nitrogen and oxygen atoms in total. The van der Waals surface area contributed by atoms with Gasteiger partial charge in [0.25, 0.3) is 0 Å². The summed E-state index contributed by atoms with van der Waals surface area (Å²) in [6.07, 6.45) is 3.52. The highest BCUT2D eigenvalue weighted by Gasteiger charge is 2.77. The van der Waals surface area contributed by atoms with Gasteiger partial charge in [0.05, 0.1) is 36.6 Å². The van der Waals surface area contributed by atoms with Crippen molar-refractivity contribution in [2.75, 3.05) is 19.8 Å². The molecule has 49 heavy (non-hydrogen) atoms. The molecule has 2 bridgehead atoms. The van der Waals surface area contributed by atoms with Crippen LogP contribution in [0.5, 0.6) is 0 Å². The molecule has 3 aliphatic heterocycles. The smallest absolute Gasteiger partial charge is 0.306 e. The third kappa shape index (κ3) is 6.98. The van der Waals surface area contributed by atoms with E-state index in [9.17, 15) is 24.3 Å². The van der Waals surface area contributed by atoms with Gasteiger partial charge in [0.15, 0.2) is 0 Å². The molecule has 0 radical (unpaired) electrons. The lowest BCUT2D eigenvalue weighted by molar-refractivity contribution is -0.154. The van der Waals surface area contributed by atoms with Crippen LogP contribution in [-0.2, 0) is 28.7 Å². The van der Waals surface area contributed by atoms with Gasteiger partial charge in [-0.15, -0.1) is 13.2 Å². The fourth-order valence-electron chi connectivity index (χ4n) is 7.63. The zero-order chi connectivity index (χ0) is 35.5. The molecule has 3 aliphatic rings. The maximum absolute atomic E-state index is 14.9. The lowest BCUT2D eigenvalue weighted by Crippen LogP contribution is -2.60. The number of fused-ring (bicyclic) bond motifs is 1. The minimum Gasteiger partial charge on any atom is -0.463 e. The fourth-order valence-corrected chi connectivity index (χ4v) is 8.57. The maximum atomic E-state index is 14.9. The molecule has 3 amide bonds. The quantitative estimate of drug-likeness (QED) is 0.165. The summed E-state index contributed by atoms with van der Waals surface area (Å²) in [4.78, 5) is 59.4. The number of rotatable bonds is 14. The molecule has 3 saturated heterocycles. The van der Waals surface area contributed by atoms with Gasteiger partial charge in [-0.1, -0.05) is 88.7 Å². The number of ether oxygens (including phenoxy) is 2. The van der Waals surface area contributed by atoms with Crippen molar-refractivity contribution in [3.05, 3.63) is 97.1 Å². The van der Waals surface area contributed by atoms with Crippen molar-refractivity contribution in [3.8, 4) is 0 Å². The number of nitrogens with one attached hydrogen (secondary N) is 1. The van der Waals surface area contributed by atoms with E-state index >= 15 is 0 Å². The first-order valence-electron chi connectivity index (χ1n) is 16.7. The SMILES string of the molecule is C=CCCC(=O)OC[C@@H](NC(=O)[C@@H]1[C@H]2O[C@@]3(CC2Br)[C@H](C(=O)N(CC=C)C(C)(C)C)N([C@H](CO)c2ccccc2)C(=O)[C@@H]13)c1ccccc1. The lowest BCUT2D eigenvalue weighted by atomic mass is 9.70. The first-order valence-corrected chi connectivity index (χ1v) is 17.6. The van der Waals surface area contributed by atoms with Crippen LogP contribution in [0, 0.1) is 11.8 Å². The van der Waals surface area contributed by atoms with E-state index in [1.165, 1.54) is 4.90 Å². The normalized spacial score (nSPS) is 26.8. The number of halogens is 1. The Morgan fingerprint density at radius 3 is 2.31 bits per heavy atom. The zero-order valence-corrected chi connectivity index (χ0v) is 29.9. The first-order chi connectivity index (χ1) is 23.4. The maximum Gasteiger partial charge on any atom is 0.306 e. The van der Waals surface area contributed by atoms with Gasteiger partial charge in [-0.25, -0.2) is 0 Å². The van der Waals surface area contributed by atoms with Gasteiger partial charge in [0.1, 0.15) is 18.2 Å². The van der Waals surface area contributed by atoms with Crippen molar-refractivity contribution in [1.82, 2.24) is 15.1 Å². The van der Waals surface area contributed by atoms with Crippen molar-refractivity contribution in [3.63, 3.8) is 0 Å². The van der Waals surface area contributed by atoms with Crippen molar-refractivity contribution in [1.29, 1.82) is 0 Å². The summed E-state index contributed by atoms with van der Waals surface area (Å²) < 4.78 is 12.3. The monoisotopic (exact) mass is 735 g/mol. The summed E-state index contributed by atoms with van der Waals surface area (Å²) in [6.45, 7) is 12.9. The highest BCUT2D eigenvalue weighted by molar-refractivity contribution is 9.09. The molecule has 1 unspecified atom stereocenters. The Balaban J connectivity index is 1.55. The molecule has 3 fully saturated rings. The predicted molar refractivity (Wildman–Crippen MR) is 188 cm³/mol. The number of hydrogen-bond acceptors (Lipinski definition) is 7. The summed E-state index contributed by atoms with van der Waals surface area (Å²) in [6, 6.07) is 15.6. The van der Waals surface area contributed by atoms with Crippen LogP contribution < -0.4 is 5.32 Å². The molecular formula is C38H46BrN3O7. The Morgan fingerprint density at radius 2 is 1.73 bits per heavy atom. The van der Waals surface area contributed by atoms with E-state index in [0.29, 0.717) is 18.4 Å². The highest BCUT2D eigenvalue weighted by Crippen LogP contribution is 2.61. The van der Waals surface area contributed by atoms with Crippen LogP contribution in [0.15, 0.2) is 86.0 Å². The number of likely N-dealkylation sites (tertiary alicyclic amines) is 1. The molecule has 2 aromatic carbocycles. The second-order valence-corrected chi connectivity index (χ2v) is 15.1. The minimum atomic E-state index is -1.35. The van der Waals surface area contributed by atoms with Crippen molar-refractivity contribution in [2.24, 2.45) is 11.8 Å². The van der Waals surface area contributed by atoms with Crippen molar-refractivity contribution < 1.29 is 33.8 Å². The first kappa shape index (κ1) is 36.5. The molecule has 11 heteroatoms. The molecule has 0 aromatic heterocycles. The number of aliphatic hydroxyl groups excluding tert-OH is 1. The van der Waals surface area contributed by atoms with Crippen LogP contribution >= 0.6 is 15.9 Å². The molecule has 262 valence electrons. The third-order valence-electron chi connectivity index (χ3n) is 9.83. The largest absolute Gasteiger partial charge is 0.463 e. The second kappa shape index (κ2) is 15.0. The molecule has 5 rings (SSSR count). The standard InChI is InChI=1S/C38H46BrN3O7/c1-6-8-19-29(44)48-23-27(24-15-11-9-12-16-24)40-34(45)30-31-35(46)42(28(22-43)25-17-13-10-14-18-25)33(38(31)21-26(39)32(30)49-38)36(47)41(20-7-2)37(3,4)5/h6-7,9-18,26-28,30-33,43H,1-2,8,19-23H2,3-5H3,(H,40,45)/t26?,27-,28-,30+,31-,32+,33+,38-/m1/s1. The Bertz CT molecular complexity index is 1550. The number of nitrogens with zero attached hydrogens (tertiary/aromatic N) is 2. The van der Waals surface area contributed by atoms with E-state index in [0.717, 1.165) is 5.56 Å². The lowest BCUT2D eigenvalue weighted by Gasteiger charge is -2.43. The van der Waals surface area contributed by atoms with Gasteiger partial charge in [0.2, 0.25) is 17.7 Å². The zero-order valence-electron chi connectivity index (χ0n) is 28.3. The molecule has 1 spiro atoms. The molecular weight excluding hydrogens is 690 g/mol. The predicted octanol–water partition coefficient (Wildman–Crippen LogP) is 4.65. The number of carbonyl (C=O) groups excluding carboxylic acids is 4. The van der Waals surface area contributed by atoms with Crippen LogP contribution in [0.3, 0.4) is 0 Å². The number of benzene rings is 2. The average Bonchev–Trinajstić information content (AvgIpc) is 3.68. The third-order valence-corrected chi connectivity index (χ3v) is 10.7. The van der Waals surface area contributed by atoms with Crippen LogP contribution in [0.25, 0.3) is 0 Å². The Morgan fingerprint density at radius 1 is 1.10 bits per heavy atom. The van der Waals surface area contributed by atoms with Gasteiger partial charge in [0, 0.05) is 23.3 Å². The molecule has 2 aromatic rings. The van der Waals surface area contributed by atoms with E-state index in [1.807, 2.05) is 81.4 Å². The molecule has 0 aliphatic carbocycles. The fraction of sp³-hybridized carbons (Fsp3) is 0.474. The second-order valence-electron chi connectivity index (χ2n) is 13.9. The van der Waals surface area contributed by atoms with Crippen molar-refractivity contribution in [2.45, 2.75) is 80.2 Å². The number of esters is 1. The van der Waals surface area contributed by atoms with Crippen LogP contribution in [0.2, 0.25) is 0 Å².